The summed E-state index contributed by atoms with van der Waals surface area (Å²) in [6, 6.07) is 42.5. The molecule has 7 aromatic rings. The fourth-order valence-electron chi connectivity index (χ4n) is 5.07. The molecule has 0 atom stereocenters. The Morgan fingerprint density at radius 1 is 0.333 bits per heavy atom. The Morgan fingerprint density at radius 3 is 1.50 bits per heavy atom. The summed E-state index contributed by atoms with van der Waals surface area (Å²) < 4.78 is 0. The Hall–Kier alpha value is -4.89. The molecule has 36 heavy (non-hydrogen) atoms. The summed E-state index contributed by atoms with van der Waals surface area (Å²) in [4.78, 5) is 13.7. The highest BCUT2D eigenvalue weighted by Gasteiger charge is 2.12. The molecule has 0 unspecified atom stereocenters. The van der Waals surface area contributed by atoms with Crippen molar-refractivity contribution in [1.29, 1.82) is 0 Å². The average molecular weight is 460 g/mol. The van der Waals surface area contributed by atoms with Crippen molar-refractivity contribution in [2.45, 2.75) is 0 Å². The van der Waals surface area contributed by atoms with Crippen LogP contribution in [-0.2, 0) is 0 Å². The molecule has 3 heteroatoms. The Morgan fingerprint density at radius 2 is 0.806 bits per heavy atom. The highest BCUT2D eigenvalue weighted by atomic mass is 15.0. The van der Waals surface area contributed by atoms with Crippen molar-refractivity contribution >= 4 is 32.3 Å². The summed E-state index contributed by atoms with van der Waals surface area (Å²) in [7, 11) is 0. The van der Waals surface area contributed by atoms with Crippen molar-refractivity contribution < 1.29 is 0 Å². The van der Waals surface area contributed by atoms with Crippen molar-refractivity contribution in [2.75, 3.05) is 0 Å². The fourth-order valence-corrected chi connectivity index (χ4v) is 5.07. The molecule has 0 radical (unpaired) electrons. The van der Waals surface area contributed by atoms with Gasteiger partial charge in [0.1, 0.15) is 6.33 Å². The molecule has 3 nitrogen and oxygen atoms in total. The maximum atomic E-state index is 4.79. The van der Waals surface area contributed by atoms with E-state index in [1.165, 1.54) is 43.4 Å². The van der Waals surface area contributed by atoms with Crippen LogP contribution >= 0.6 is 0 Å². The van der Waals surface area contributed by atoms with Crippen molar-refractivity contribution in [1.82, 2.24) is 15.0 Å². The maximum absolute atomic E-state index is 4.79. The molecular formula is C33H21N3. The number of hydrogen-bond acceptors (Lipinski definition) is 3. The largest absolute Gasteiger partial charge is 0.217 e. The van der Waals surface area contributed by atoms with Gasteiger partial charge in [0.25, 0.3) is 0 Å². The summed E-state index contributed by atoms with van der Waals surface area (Å²) in [5.74, 6) is 1.35. The van der Waals surface area contributed by atoms with Crippen LogP contribution in [0.3, 0.4) is 0 Å². The Bertz CT molecular complexity index is 1880. The van der Waals surface area contributed by atoms with E-state index in [-0.39, 0.29) is 0 Å². The van der Waals surface area contributed by atoms with Crippen LogP contribution in [0.15, 0.2) is 128 Å². The first-order valence-electron chi connectivity index (χ1n) is 12.0. The minimum absolute atomic E-state index is 0.674. The zero-order chi connectivity index (χ0) is 23.9. The van der Waals surface area contributed by atoms with Gasteiger partial charge in [0.15, 0.2) is 11.6 Å². The average Bonchev–Trinajstić information content (AvgIpc) is 2.98. The molecule has 168 valence electrons. The van der Waals surface area contributed by atoms with Gasteiger partial charge in [0, 0.05) is 11.1 Å². The third-order valence-corrected chi connectivity index (χ3v) is 6.81. The minimum atomic E-state index is 0.674. The van der Waals surface area contributed by atoms with Gasteiger partial charge in [-0.25, -0.2) is 15.0 Å². The smallest absolute Gasteiger partial charge is 0.163 e. The van der Waals surface area contributed by atoms with Crippen molar-refractivity contribution in [3.05, 3.63) is 128 Å². The third-order valence-electron chi connectivity index (χ3n) is 6.81. The SMILES string of the molecule is c1ccc(-c2ccc3c4ccccc4c4cc(-c5ncnc(-c6ccccc6)n5)ccc4c3c2)cc1. The third kappa shape index (κ3) is 3.41. The zero-order valence-corrected chi connectivity index (χ0v) is 19.5. The quantitative estimate of drug-likeness (QED) is 0.249. The number of hydrogen-bond donors (Lipinski definition) is 0. The molecule has 0 aliphatic rings. The molecule has 1 aromatic heterocycles. The van der Waals surface area contributed by atoms with Crippen LogP contribution in [-0.4, -0.2) is 15.0 Å². The molecule has 1 heterocycles. The number of nitrogens with zero attached hydrogens (tertiary/aromatic N) is 3. The summed E-state index contributed by atoms with van der Waals surface area (Å²) >= 11 is 0. The van der Waals surface area contributed by atoms with Gasteiger partial charge in [0.05, 0.1) is 0 Å². The lowest BCUT2D eigenvalue weighted by Gasteiger charge is -2.13. The number of aromatic nitrogens is 3. The van der Waals surface area contributed by atoms with Crippen LogP contribution in [0, 0.1) is 0 Å². The summed E-state index contributed by atoms with van der Waals surface area (Å²) in [5, 5.41) is 7.41. The van der Waals surface area contributed by atoms with E-state index in [9.17, 15) is 0 Å². The first-order valence-corrected chi connectivity index (χ1v) is 12.0. The second-order valence-corrected chi connectivity index (χ2v) is 8.93. The predicted octanol–water partition coefficient (Wildman–Crippen LogP) is 8.33. The summed E-state index contributed by atoms with van der Waals surface area (Å²) in [5.41, 5.74) is 4.39. The molecule has 6 aromatic carbocycles. The second kappa shape index (κ2) is 8.40. The van der Waals surface area contributed by atoms with Crippen LogP contribution in [0.5, 0.6) is 0 Å². The molecule has 0 bridgehead atoms. The highest BCUT2D eigenvalue weighted by molar-refractivity contribution is 6.26. The van der Waals surface area contributed by atoms with Crippen LogP contribution in [0.1, 0.15) is 0 Å². The maximum Gasteiger partial charge on any atom is 0.163 e. The van der Waals surface area contributed by atoms with Crippen molar-refractivity contribution in [3.63, 3.8) is 0 Å². The molecule has 7 rings (SSSR count). The molecule has 0 saturated carbocycles. The Kier molecular flexibility index (Phi) is 4.78. The van der Waals surface area contributed by atoms with Crippen LogP contribution in [0.25, 0.3) is 66.2 Å². The van der Waals surface area contributed by atoms with E-state index in [1.807, 2.05) is 30.3 Å². The lowest BCUT2D eigenvalue weighted by atomic mass is 9.91. The summed E-state index contributed by atoms with van der Waals surface area (Å²) in [6.07, 6.45) is 1.60. The van der Waals surface area contributed by atoms with Crippen LogP contribution < -0.4 is 0 Å². The molecule has 0 amide bonds. The van der Waals surface area contributed by atoms with E-state index in [4.69, 9.17) is 4.98 Å². The number of benzene rings is 6. The van der Waals surface area contributed by atoms with Crippen molar-refractivity contribution in [2.24, 2.45) is 0 Å². The molecule has 0 spiro atoms. The van der Waals surface area contributed by atoms with E-state index in [0.717, 1.165) is 11.1 Å². The van der Waals surface area contributed by atoms with E-state index in [2.05, 4.69) is 101 Å². The molecular weight excluding hydrogens is 438 g/mol. The number of rotatable bonds is 3. The van der Waals surface area contributed by atoms with E-state index >= 15 is 0 Å². The van der Waals surface area contributed by atoms with Crippen LogP contribution in [0.4, 0.5) is 0 Å². The zero-order valence-electron chi connectivity index (χ0n) is 19.5. The fraction of sp³-hybridized carbons (Fsp3) is 0. The van der Waals surface area contributed by atoms with Gasteiger partial charge in [-0.3, -0.25) is 0 Å². The van der Waals surface area contributed by atoms with E-state index in [0.29, 0.717) is 11.6 Å². The number of fused-ring (bicyclic) bond motifs is 6. The normalized spacial score (nSPS) is 11.3. The van der Waals surface area contributed by atoms with Crippen molar-refractivity contribution in [3.8, 4) is 33.9 Å². The molecule has 0 saturated heterocycles. The standard InChI is InChI=1S/C33H21N3/c1-3-9-22(10-4-1)24-15-17-28-26-13-7-8-14-27(26)31-20-25(16-18-29(31)30(28)19-24)33-35-21-34-32(36-33)23-11-5-2-6-12-23/h1-21H. The molecule has 0 aliphatic heterocycles. The Balaban J connectivity index is 1.47. The van der Waals surface area contributed by atoms with Gasteiger partial charge in [-0.1, -0.05) is 109 Å². The van der Waals surface area contributed by atoms with Gasteiger partial charge >= 0.3 is 0 Å². The topological polar surface area (TPSA) is 38.7 Å². The molecule has 0 fully saturated rings. The van der Waals surface area contributed by atoms with E-state index < -0.39 is 0 Å². The second-order valence-electron chi connectivity index (χ2n) is 8.93. The first-order chi connectivity index (χ1) is 17.8. The summed E-state index contributed by atoms with van der Waals surface area (Å²) in [6.45, 7) is 0. The lowest BCUT2D eigenvalue weighted by molar-refractivity contribution is 1.07. The van der Waals surface area contributed by atoms with Gasteiger partial charge in [0.2, 0.25) is 0 Å². The minimum Gasteiger partial charge on any atom is -0.217 e. The molecule has 0 aliphatic carbocycles. The van der Waals surface area contributed by atoms with E-state index in [1.54, 1.807) is 6.33 Å². The predicted molar refractivity (Wildman–Crippen MR) is 149 cm³/mol. The Labute approximate surface area is 208 Å². The van der Waals surface area contributed by atoms with Crippen LogP contribution in [0.2, 0.25) is 0 Å². The molecule has 0 N–H and O–H groups in total. The highest BCUT2D eigenvalue weighted by Crippen LogP contribution is 2.38. The van der Waals surface area contributed by atoms with Gasteiger partial charge in [-0.05, 0) is 55.6 Å². The van der Waals surface area contributed by atoms with Gasteiger partial charge in [-0.15, -0.1) is 0 Å². The monoisotopic (exact) mass is 459 g/mol. The van der Waals surface area contributed by atoms with Gasteiger partial charge in [-0.2, -0.15) is 0 Å². The lowest BCUT2D eigenvalue weighted by Crippen LogP contribution is -1.95. The van der Waals surface area contributed by atoms with Gasteiger partial charge < -0.3 is 0 Å². The first kappa shape index (κ1) is 20.5.